The molecule has 0 spiro atoms. The van der Waals surface area contributed by atoms with Crippen molar-refractivity contribution in [1.29, 1.82) is 0 Å². The standard InChI is InChI=1S/C18H16ClNO3/c1-20(11-13-5-4-10-22-13)18(21)12-23-17-9-8-16(19)14-6-2-3-7-15(14)17/h2-10H,11-12H2,1H3. The van der Waals surface area contributed by atoms with E-state index in [9.17, 15) is 4.79 Å². The summed E-state index contributed by atoms with van der Waals surface area (Å²) >= 11 is 6.18. The van der Waals surface area contributed by atoms with Crippen LogP contribution in [-0.4, -0.2) is 24.5 Å². The van der Waals surface area contributed by atoms with Gasteiger partial charge in [-0.2, -0.15) is 0 Å². The largest absolute Gasteiger partial charge is 0.483 e. The zero-order valence-electron chi connectivity index (χ0n) is 12.7. The molecule has 1 aromatic heterocycles. The van der Waals surface area contributed by atoms with E-state index in [2.05, 4.69) is 0 Å². The number of likely N-dealkylation sites (N-methyl/N-ethyl adjacent to an activating group) is 1. The number of carbonyl (C=O) groups is 1. The van der Waals surface area contributed by atoms with E-state index in [1.165, 1.54) is 0 Å². The maximum atomic E-state index is 12.2. The number of hydrogen-bond acceptors (Lipinski definition) is 3. The first-order valence-electron chi connectivity index (χ1n) is 7.21. The number of carbonyl (C=O) groups excluding carboxylic acids is 1. The second-order valence-corrected chi connectivity index (χ2v) is 5.62. The molecule has 0 fully saturated rings. The number of halogens is 1. The Morgan fingerprint density at radius 2 is 1.91 bits per heavy atom. The van der Waals surface area contributed by atoms with Gasteiger partial charge in [-0.3, -0.25) is 4.79 Å². The van der Waals surface area contributed by atoms with E-state index in [-0.39, 0.29) is 12.5 Å². The lowest BCUT2D eigenvalue weighted by molar-refractivity contribution is -0.132. The Morgan fingerprint density at radius 3 is 2.65 bits per heavy atom. The summed E-state index contributed by atoms with van der Waals surface area (Å²) in [5.74, 6) is 1.25. The van der Waals surface area contributed by atoms with E-state index in [0.717, 1.165) is 16.5 Å². The summed E-state index contributed by atoms with van der Waals surface area (Å²) in [6.45, 7) is 0.374. The molecule has 0 radical (unpaired) electrons. The van der Waals surface area contributed by atoms with Crippen LogP contribution in [0, 0.1) is 0 Å². The zero-order valence-corrected chi connectivity index (χ0v) is 13.4. The molecule has 0 atom stereocenters. The fourth-order valence-corrected chi connectivity index (χ4v) is 2.56. The predicted molar refractivity (Wildman–Crippen MR) is 89.6 cm³/mol. The monoisotopic (exact) mass is 329 g/mol. The van der Waals surface area contributed by atoms with Crippen LogP contribution in [-0.2, 0) is 11.3 Å². The van der Waals surface area contributed by atoms with Gasteiger partial charge < -0.3 is 14.1 Å². The van der Waals surface area contributed by atoms with Crippen LogP contribution in [0.5, 0.6) is 5.75 Å². The smallest absolute Gasteiger partial charge is 0.260 e. The van der Waals surface area contributed by atoms with Crippen molar-refractivity contribution < 1.29 is 13.9 Å². The van der Waals surface area contributed by atoms with Crippen LogP contribution in [0.2, 0.25) is 5.02 Å². The Balaban J connectivity index is 1.68. The lowest BCUT2D eigenvalue weighted by Gasteiger charge is -2.17. The fraction of sp³-hybridized carbons (Fsp3) is 0.167. The van der Waals surface area contributed by atoms with E-state index in [1.54, 1.807) is 36.4 Å². The Kier molecular flexibility index (Phi) is 4.53. The van der Waals surface area contributed by atoms with Gasteiger partial charge in [0.15, 0.2) is 6.61 Å². The number of ether oxygens (including phenoxy) is 1. The fourth-order valence-electron chi connectivity index (χ4n) is 2.33. The van der Waals surface area contributed by atoms with Gasteiger partial charge >= 0.3 is 0 Å². The van der Waals surface area contributed by atoms with Gasteiger partial charge in [0.2, 0.25) is 0 Å². The minimum Gasteiger partial charge on any atom is -0.483 e. The molecule has 118 valence electrons. The van der Waals surface area contributed by atoms with Crippen LogP contribution in [0.4, 0.5) is 0 Å². The Hall–Kier alpha value is -2.46. The van der Waals surface area contributed by atoms with Crippen molar-refractivity contribution in [3.8, 4) is 5.75 Å². The van der Waals surface area contributed by atoms with Gasteiger partial charge in [-0.25, -0.2) is 0 Å². The maximum Gasteiger partial charge on any atom is 0.260 e. The second kappa shape index (κ2) is 6.75. The Labute approximate surface area is 139 Å². The normalized spacial score (nSPS) is 10.7. The summed E-state index contributed by atoms with van der Waals surface area (Å²) in [5.41, 5.74) is 0. The molecule has 0 bridgehead atoms. The minimum atomic E-state index is -0.125. The first-order valence-corrected chi connectivity index (χ1v) is 7.59. The zero-order chi connectivity index (χ0) is 16.2. The molecular weight excluding hydrogens is 314 g/mol. The summed E-state index contributed by atoms with van der Waals surface area (Å²) in [4.78, 5) is 13.7. The molecule has 0 N–H and O–H groups in total. The van der Waals surface area contributed by atoms with Gasteiger partial charge in [-0.1, -0.05) is 35.9 Å². The highest BCUT2D eigenvalue weighted by Crippen LogP contribution is 2.31. The molecule has 0 aliphatic carbocycles. The molecule has 0 saturated heterocycles. The van der Waals surface area contributed by atoms with E-state index in [1.807, 2.05) is 30.3 Å². The van der Waals surface area contributed by atoms with Gasteiger partial charge in [0, 0.05) is 22.8 Å². The molecule has 1 amide bonds. The average molecular weight is 330 g/mol. The second-order valence-electron chi connectivity index (χ2n) is 5.21. The first kappa shape index (κ1) is 15.4. The molecule has 23 heavy (non-hydrogen) atoms. The number of fused-ring (bicyclic) bond motifs is 1. The third-order valence-electron chi connectivity index (χ3n) is 3.58. The molecule has 4 nitrogen and oxygen atoms in total. The number of hydrogen-bond donors (Lipinski definition) is 0. The van der Waals surface area contributed by atoms with Crippen LogP contribution in [0.1, 0.15) is 5.76 Å². The minimum absolute atomic E-state index is 0.0389. The van der Waals surface area contributed by atoms with Crippen molar-refractivity contribution in [1.82, 2.24) is 4.90 Å². The first-order chi connectivity index (χ1) is 11.1. The Morgan fingerprint density at radius 1 is 1.13 bits per heavy atom. The topological polar surface area (TPSA) is 42.7 Å². The summed E-state index contributed by atoms with van der Waals surface area (Å²) in [5, 5.41) is 2.46. The maximum absolute atomic E-state index is 12.2. The van der Waals surface area contributed by atoms with Gasteiger partial charge in [0.1, 0.15) is 11.5 Å². The third kappa shape index (κ3) is 3.48. The van der Waals surface area contributed by atoms with Crippen LogP contribution >= 0.6 is 11.6 Å². The van der Waals surface area contributed by atoms with E-state index in [0.29, 0.717) is 17.3 Å². The van der Waals surface area contributed by atoms with E-state index in [4.69, 9.17) is 20.8 Å². The van der Waals surface area contributed by atoms with Crippen molar-refractivity contribution >= 4 is 28.3 Å². The Bertz CT molecular complexity index is 814. The molecule has 0 aliphatic rings. The number of furan rings is 1. The van der Waals surface area contributed by atoms with Crippen molar-refractivity contribution in [2.45, 2.75) is 6.54 Å². The molecular formula is C18H16ClNO3. The van der Waals surface area contributed by atoms with Crippen molar-refractivity contribution in [2.24, 2.45) is 0 Å². The molecule has 0 saturated carbocycles. The predicted octanol–water partition coefficient (Wildman–Crippen LogP) is 4.12. The van der Waals surface area contributed by atoms with E-state index < -0.39 is 0 Å². The number of rotatable bonds is 5. The lowest BCUT2D eigenvalue weighted by atomic mass is 10.1. The molecule has 3 rings (SSSR count). The summed E-state index contributed by atoms with van der Waals surface area (Å²) in [6.07, 6.45) is 1.59. The summed E-state index contributed by atoms with van der Waals surface area (Å²) in [6, 6.07) is 14.9. The SMILES string of the molecule is CN(Cc1ccco1)C(=O)COc1ccc(Cl)c2ccccc12. The van der Waals surface area contributed by atoms with Gasteiger partial charge in [0.05, 0.1) is 12.8 Å². The summed E-state index contributed by atoms with van der Waals surface area (Å²) in [7, 11) is 1.72. The van der Waals surface area contributed by atoms with Gasteiger partial charge in [0.25, 0.3) is 5.91 Å². The van der Waals surface area contributed by atoms with Crippen LogP contribution in [0.3, 0.4) is 0 Å². The molecule has 2 aromatic carbocycles. The van der Waals surface area contributed by atoms with Crippen LogP contribution in [0.15, 0.2) is 59.2 Å². The molecule has 0 unspecified atom stereocenters. The molecule has 3 aromatic rings. The highest BCUT2D eigenvalue weighted by molar-refractivity contribution is 6.35. The average Bonchev–Trinajstić information content (AvgIpc) is 3.07. The van der Waals surface area contributed by atoms with Crippen molar-refractivity contribution in [3.05, 3.63) is 65.6 Å². The number of nitrogens with zero attached hydrogens (tertiary/aromatic N) is 1. The highest BCUT2D eigenvalue weighted by Gasteiger charge is 2.13. The van der Waals surface area contributed by atoms with E-state index >= 15 is 0 Å². The molecule has 5 heteroatoms. The number of amides is 1. The molecule has 0 aliphatic heterocycles. The molecule has 1 heterocycles. The van der Waals surface area contributed by atoms with Crippen LogP contribution in [0.25, 0.3) is 10.8 Å². The number of benzene rings is 2. The summed E-state index contributed by atoms with van der Waals surface area (Å²) < 4.78 is 10.9. The lowest BCUT2D eigenvalue weighted by Crippen LogP contribution is -2.30. The van der Waals surface area contributed by atoms with Gasteiger partial charge in [-0.05, 0) is 24.3 Å². The van der Waals surface area contributed by atoms with Crippen molar-refractivity contribution in [2.75, 3.05) is 13.7 Å². The van der Waals surface area contributed by atoms with Crippen LogP contribution < -0.4 is 4.74 Å². The quantitative estimate of drug-likeness (QED) is 0.707. The van der Waals surface area contributed by atoms with Gasteiger partial charge in [-0.15, -0.1) is 0 Å². The third-order valence-corrected chi connectivity index (χ3v) is 3.91. The highest BCUT2D eigenvalue weighted by atomic mass is 35.5. The van der Waals surface area contributed by atoms with Crippen molar-refractivity contribution in [3.63, 3.8) is 0 Å².